The van der Waals surface area contributed by atoms with E-state index < -0.39 is 0 Å². The number of nitriles is 1. The summed E-state index contributed by atoms with van der Waals surface area (Å²) in [5.41, 5.74) is 2.68. The van der Waals surface area contributed by atoms with Crippen molar-refractivity contribution in [2.75, 3.05) is 18.6 Å². The van der Waals surface area contributed by atoms with Crippen LogP contribution in [-0.2, 0) is 11.4 Å². The number of carbonyl (C=O) groups excluding carboxylic acids is 1. The van der Waals surface area contributed by atoms with Gasteiger partial charge in [-0.05, 0) is 55.0 Å². The molecule has 0 atom stereocenters. The van der Waals surface area contributed by atoms with Gasteiger partial charge in [0.2, 0.25) is 0 Å². The molecule has 0 aromatic heterocycles. The highest BCUT2D eigenvalue weighted by molar-refractivity contribution is 8.27. The van der Waals surface area contributed by atoms with E-state index in [2.05, 4.69) is 6.07 Å². The number of thiocarbonyl (C=S) groups is 1. The zero-order valence-electron chi connectivity index (χ0n) is 19.5. The van der Waals surface area contributed by atoms with Crippen molar-refractivity contribution in [2.45, 2.75) is 13.5 Å². The molecular weight excluding hydrogens is 516 g/mol. The maximum Gasteiger partial charge on any atom is 0.270 e. The number of hydrogen-bond donors (Lipinski definition) is 0. The average Bonchev–Trinajstić information content (AvgIpc) is 3.16. The largest absolute Gasteiger partial charge is 0.495 e. The third-order valence-corrected chi connectivity index (χ3v) is 6.87. The first-order valence-corrected chi connectivity index (χ1v) is 12.5. The molecule has 0 aliphatic carbocycles. The summed E-state index contributed by atoms with van der Waals surface area (Å²) in [5.74, 6) is 1.36. The highest BCUT2D eigenvalue weighted by atomic mass is 35.5. The molecule has 1 aliphatic heterocycles. The monoisotopic (exact) mass is 536 g/mol. The van der Waals surface area contributed by atoms with E-state index in [1.807, 2.05) is 37.3 Å². The summed E-state index contributed by atoms with van der Waals surface area (Å²) in [6, 6.07) is 20.0. The smallest absolute Gasteiger partial charge is 0.270 e. The molecule has 0 N–H and O–H groups in total. The Morgan fingerprint density at radius 2 is 1.86 bits per heavy atom. The maximum atomic E-state index is 13.2. The maximum absolute atomic E-state index is 13.2. The van der Waals surface area contributed by atoms with Gasteiger partial charge in [0.15, 0.2) is 15.8 Å². The van der Waals surface area contributed by atoms with Crippen LogP contribution in [0.25, 0.3) is 6.08 Å². The van der Waals surface area contributed by atoms with Crippen LogP contribution < -0.4 is 19.1 Å². The normalized spacial score (nSPS) is 14.2. The minimum atomic E-state index is -0.238. The second-order valence-electron chi connectivity index (χ2n) is 7.53. The molecule has 0 saturated carbocycles. The van der Waals surface area contributed by atoms with Crippen LogP contribution in [0.5, 0.6) is 17.2 Å². The fourth-order valence-corrected chi connectivity index (χ4v) is 5.10. The third kappa shape index (κ3) is 5.49. The van der Waals surface area contributed by atoms with Gasteiger partial charge in [-0.3, -0.25) is 9.69 Å². The molecular formula is C27H21ClN2O4S2. The molecule has 3 aromatic rings. The highest BCUT2D eigenvalue weighted by Gasteiger charge is 2.33. The van der Waals surface area contributed by atoms with Crippen LogP contribution in [0, 0.1) is 11.3 Å². The first kappa shape index (κ1) is 25.6. The molecule has 4 rings (SSSR count). The van der Waals surface area contributed by atoms with Crippen LogP contribution in [0.2, 0.25) is 5.02 Å². The molecule has 1 fully saturated rings. The zero-order chi connectivity index (χ0) is 25.7. The van der Waals surface area contributed by atoms with Crippen LogP contribution in [0.4, 0.5) is 5.69 Å². The van der Waals surface area contributed by atoms with Crippen molar-refractivity contribution < 1.29 is 19.0 Å². The number of anilines is 1. The third-order valence-electron chi connectivity index (χ3n) is 5.27. The minimum Gasteiger partial charge on any atom is -0.495 e. The van der Waals surface area contributed by atoms with Gasteiger partial charge in [-0.25, -0.2) is 0 Å². The summed E-state index contributed by atoms with van der Waals surface area (Å²) in [5, 5.41) is 9.70. The second-order valence-corrected chi connectivity index (χ2v) is 9.62. The Hall–Kier alpha value is -3.51. The van der Waals surface area contributed by atoms with E-state index in [1.54, 1.807) is 36.4 Å². The lowest BCUT2D eigenvalue weighted by molar-refractivity contribution is -0.113. The van der Waals surface area contributed by atoms with Gasteiger partial charge in [-0.1, -0.05) is 59.8 Å². The van der Waals surface area contributed by atoms with Crippen LogP contribution in [-0.4, -0.2) is 23.9 Å². The number of benzene rings is 3. The van der Waals surface area contributed by atoms with E-state index in [4.69, 9.17) is 38.0 Å². The summed E-state index contributed by atoms with van der Waals surface area (Å²) in [6.45, 7) is 2.55. The Labute approximate surface area is 224 Å². The Morgan fingerprint density at radius 1 is 1.08 bits per heavy atom. The first-order chi connectivity index (χ1) is 17.4. The summed E-state index contributed by atoms with van der Waals surface area (Å²) in [6.07, 6.45) is 1.77. The van der Waals surface area contributed by atoms with Crippen molar-refractivity contribution in [1.82, 2.24) is 0 Å². The Kier molecular flexibility index (Phi) is 8.16. The number of nitrogens with zero attached hydrogens (tertiary/aromatic N) is 2. The van der Waals surface area contributed by atoms with Gasteiger partial charge >= 0.3 is 0 Å². The van der Waals surface area contributed by atoms with Crippen LogP contribution in [0.3, 0.4) is 0 Å². The van der Waals surface area contributed by atoms with Gasteiger partial charge < -0.3 is 14.2 Å². The molecule has 0 spiro atoms. The number of carbonyl (C=O) groups is 1. The van der Waals surface area contributed by atoms with Gasteiger partial charge in [0.25, 0.3) is 5.91 Å². The van der Waals surface area contributed by atoms with Crippen LogP contribution in [0.1, 0.15) is 23.6 Å². The molecule has 1 heterocycles. The first-order valence-electron chi connectivity index (χ1n) is 10.9. The van der Waals surface area contributed by atoms with Crippen molar-refractivity contribution in [3.8, 4) is 23.3 Å². The number of amides is 1. The van der Waals surface area contributed by atoms with E-state index in [1.165, 1.54) is 23.8 Å². The highest BCUT2D eigenvalue weighted by Crippen LogP contribution is 2.39. The van der Waals surface area contributed by atoms with E-state index in [0.29, 0.717) is 49.4 Å². The molecule has 6 nitrogen and oxygen atoms in total. The van der Waals surface area contributed by atoms with Gasteiger partial charge in [0.1, 0.15) is 12.4 Å². The fraction of sp³-hybridized carbons (Fsp3) is 0.148. The fourth-order valence-electron chi connectivity index (χ4n) is 3.55. The molecule has 0 radical (unpaired) electrons. The molecule has 36 heavy (non-hydrogen) atoms. The lowest BCUT2D eigenvalue weighted by atomic mass is 10.1. The summed E-state index contributed by atoms with van der Waals surface area (Å²) >= 11 is 12.9. The molecule has 0 bridgehead atoms. The van der Waals surface area contributed by atoms with Crippen molar-refractivity contribution in [2.24, 2.45) is 0 Å². The Morgan fingerprint density at radius 3 is 2.58 bits per heavy atom. The second kappa shape index (κ2) is 11.5. The lowest BCUT2D eigenvalue weighted by Gasteiger charge is -2.15. The number of hydrogen-bond acceptors (Lipinski definition) is 7. The number of rotatable bonds is 8. The quantitative estimate of drug-likeness (QED) is 0.237. The summed E-state index contributed by atoms with van der Waals surface area (Å²) < 4.78 is 17.4. The molecule has 1 saturated heterocycles. The van der Waals surface area contributed by atoms with Crippen molar-refractivity contribution in [1.29, 1.82) is 5.26 Å². The van der Waals surface area contributed by atoms with Crippen LogP contribution in [0.15, 0.2) is 65.6 Å². The summed E-state index contributed by atoms with van der Waals surface area (Å²) in [4.78, 5) is 15.1. The molecule has 0 unspecified atom stereocenters. The standard InChI is InChI=1S/C27H21ClN2O4S2/c1-3-33-24-12-17(8-10-23(24)34-16-19-7-5-4-6-18(19)15-29)13-25-26(31)30(27(35)36-25)20-9-11-22(32-2)21(28)14-20/h4-14H,3,16H2,1-2H3/b25-13+. The number of thioether (sulfide) groups is 1. The lowest BCUT2D eigenvalue weighted by Crippen LogP contribution is -2.27. The predicted octanol–water partition coefficient (Wildman–Crippen LogP) is 6.60. The number of methoxy groups -OCH3 is 1. The van der Waals surface area contributed by atoms with E-state index in [0.717, 1.165) is 11.1 Å². The van der Waals surface area contributed by atoms with Crippen LogP contribution >= 0.6 is 35.6 Å². The summed E-state index contributed by atoms with van der Waals surface area (Å²) in [7, 11) is 1.53. The predicted molar refractivity (Wildman–Crippen MR) is 147 cm³/mol. The van der Waals surface area contributed by atoms with Crippen molar-refractivity contribution in [3.63, 3.8) is 0 Å². The molecule has 1 amide bonds. The van der Waals surface area contributed by atoms with Gasteiger partial charge in [-0.15, -0.1) is 0 Å². The minimum absolute atomic E-state index is 0.228. The molecule has 182 valence electrons. The van der Waals surface area contributed by atoms with Gasteiger partial charge in [-0.2, -0.15) is 5.26 Å². The van der Waals surface area contributed by atoms with Gasteiger partial charge in [0, 0.05) is 5.56 Å². The number of halogens is 1. The topological polar surface area (TPSA) is 71.8 Å². The Balaban J connectivity index is 1.56. The zero-order valence-corrected chi connectivity index (χ0v) is 21.9. The molecule has 9 heteroatoms. The van der Waals surface area contributed by atoms with E-state index in [-0.39, 0.29) is 12.5 Å². The Bertz CT molecular complexity index is 1400. The van der Waals surface area contributed by atoms with E-state index in [9.17, 15) is 10.1 Å². The van der Waals surface area contributed by atoms with E-state index >= 15 is 0 Å². The number of ether oxygens (including phenoxy) is 3. The SMILES string of the molecule is CCOc1cc(/C=C2/SC(=S)N(c3ccc(OC)c(Cl)c3)C2=O)ccc1OCc1ccccc1C#N. The molecule has 1 aliphatic rings. The van der Waals surface area contributed by atoms with Gasteiger partial charge in [0.05, 0.1) is 41.0 Å². The molecule has 3 aromatic carbocycles. The van der Waals surface area contributed by atoms with Crippen molar-refractivity contribution >= 4 is 57.6 Å². The van der Waals surface area contributed by atoms with Crippen molar-refractivity contribution in [3.05, 3.63) is 87.3 Å². The average molecular weight is 537 g/mol.